The number of ether oxygens (including phenoxy) is 2. The predicted octanol–water partition coefficient (Wildman–Crippen LogP) is 3.84. The van der Waals surface area contributed by atoms with E-state index in [9.17, 15) is 9.59 Å². The number of thioether (sulfide) groups is 1. The average molecular weight is 507 g/mol. The van der Waals surface area contributed by atoms with Gasteiger partial charge in [0, 0.05) is 11.4 Å². The topological polar surface area (TPSA) is 135 Å². The number of rotatable bonds is 9. The molecular weight excluding hydrogens is 480 g/mol. The fraction of sp³-hybridized carbons (Fsp3) is 0.240. The number of aromatic amines is 1. The number of aromatic nitrogens is 4. The molecule has 4 rings (SSSR count). The molecule has 0 radical (unpaired) electrons. The summed E-state index contributed by atoms with van der Waals surface area (Å²) in [5, 5.41) is 19.7. The Bertz CT molecular complexity index is 1460. The molecule has 0 saturated carbocycles. The van der Waals surface area contributed by atoms with Gasteiger partial charge < -0.3 is 14.8 Å². The molecule has 0 aliphatic rings. The van der Waals surface area contributed by atoms with Crippen LogP contribution in [0, 0.1) is 12.3 Å². The Kier molecular flexibility index (Phi) is 7.69. The molecule has 0 aliphatic carbocycles. The number of fused-ring (bicyclic) bond motifs is 1. The van der Waals surface area contributed by atoms with E-state index < -0.39 is 5.97 Å². The second-order valence-corrected chi connectivity index (χ2v) is 8.60. The first-order valence-corrected chi connectivity index (χ1v) is 12.4. The van der Waals surface area contributed by atoms with E-state index in [-0.39, 0.29) is 29.3 Å². The highest BCUT2D eigenvalue weighted by Crippen LogP contribution is 2.24. The number of nitrogens with one attached hydrogen (secondary N) is 3. The summed E-state index contributed by atoms with van der Waals surface area (Å²) < 4.78 is 12.3. The molecule has 1 amide bonds. The zero-order valence-corrected chi connectivity index (χ0v) is 20.9. The van der Waals surface area contributed by atoms with Crippen molar-refractivity contribution in [1.82, 2.24) is 19.7 Å². The predicted molar refractivity (Wildman–Crippen MR) is 137 cm³/mol. The van der Waals surface area contributed by atoms with Crippen molar-refractivity contribution < 1.29 is 19.1 Å². The van der Waals surface area contributed by atoms with Crippen LogP contribution in [0.3, 0.4) is 0 Å². The van der Waals surface area contributed by atoms with Crippen molar-refractivity contribution in [3.05, 3.63) is 65.3 Å². The number of anilines is 1. The normalized spacial score (nSPS) is 10.9. The van der Waals surface area contributed by atoms with Crippen molar-refractivity contribution in [1.29, 1.82) is 5.41 Å². The molecular formula is C25H26N6O4S. The first-order chi connectivity index (χ1) is 17.4. The largest absolute Gasteiger partial charge is 0.494 e. The molecule has 0 unspecified atom stereocenters. The van der Waals surface area contributed by atoms with Crippen LogP contribution in [0.5, 0.6) is 5.75 Å². The first-order valence-electron chi connectivity index (χ1n) is 11.4. The highest BCUT2D eigenvalue weighted by molar-refractivity contribution is 7.99. The lowest BCUT2D eigenvalue weighted by atomic mass is 10.2. The maximum absolute atomic E-state index is 12.8. The summed E-state index contributed by atoms with van der Waals surface area (Å²) in [5.41, 5.74) is 2.68. The molecule has 0 atom stereocenters. The second kappa shape index (κ2) is 11.1. The van der Waals surface area contributed by atoms with Crippen LogP contribution in [-0.2, 0) is 9.53 Å². The number of benzene rings is 2. The summed E-state index contributed by atoms with van der Waals surface area (Å²) in [6.45, 7) is 6.25. The maximum atomic E-state index is 12.8. The molecule has 0 saturated heterocycles. The van der Waals surface area contributed by atoms with Gasteiger partial charge in [0.1, 0.15) is 11.2 Å². The number of hydrogen-bond acceptors (Lipinski definition) is 8. The van der Waals surface area contributed by atoms with E-state index in [0.717, 1.165) is 23.2 Å². The van der Waals surface area contributed by atoms with Crippen molar-refractivity contribution >= 4 is 40.4 Å². The molecule has 2 aromatic heterocycles. The van der Waals surface area contributed by atoms with Gasteiger partial charge in [-0.15, -0.1) is 0 Å². The lowest BCUT2D eigenvalue weighted by Crippen LogP contribution is -2.23. The van der Waals surface area contributed by atoms with Gasteiger partial charge in [0.25, 0.3) is 0 Å². The zero-order valence-electron chi connectivity index (χ0n) is 20.1. The minimum Gasteiger partial charge on any atom is -0.494 e. The Hall–Kier alpha value is -4.12. The number of para-hydroxylation sites is 1. The van der Waals surface area contributed by atoms with E-state index in [2.05, 4.69) is 20.5 Å². The van der Waals surface area contributed by atoms with Crippen LogP contribution in [0.2, 0.25) is 0 Å². The highest BCUT2D eigenvalue weighted by atomic mass is 32.2. The monoisotopic (exact) mass is 506 g/mol. The van der Waals surface area contributed by atoms with E-state index in [1.807, 2.05) is 38.1 Å². The number of nitrogens with zero attached hydrogens (tertiary/aromatic N) is 3. The Morgan fingerprint density at radius 2 is 1.86 bits per heavy atom. The Labute approximate surface area is 211 Å². The lowest BCUT2D eigenvalue weighted by Gasteiger charge is -2.14. The van der Waals surface area contributed by atoms with Crippen molar-refractivity contribution in [2.75, 3.05) is 24.3 Å². The second-order valence-electron chi connectivity index (χ2n) is 7.66. The molecule has 0 bridgehead atoms. The number of hydrogen-bond donors (Lipinski definition) is 3. The third kappa shape index (κ3) is 5.25. The standard InChI is InChI=1S/C25H26N6O4S/c1-4-34-17-12-10-16(11-13-17)31-22(26)21-15(3)29-30-23(21)28-25(31)36-14-20(32)27-19-9-7-6-8-18(19)24(33)35-5-2/h6-13,26H,4-5,14H2,1-3H3,(H,27,32)(H,29,30). The molecule has 10 nitrogen and oxygen atoms in total. The van der Waals surface area contributed by atoms with Crippen molar-refractivity contribution in [3.8, 4) is 11.4 Å². The fourth-order valence-corrected chi connectivity index (χ4v) is 4.43. The smallest absolute Gasteiger partial charge is 0.340 e. The van der Waals surface area contributed by atoms with Crippen LogP contribution in [0.25, 0.3) is 16.7 Å². The number of amides is 1. The summed E-state index contributed by atoms with van der Waals surface area (Å²) in [5.74, 6) is -0.123. The van der Waals surface area contributed by atoms with Crippen LogP contribution >= 0.6 is 11.8 Å². The molecule has 4 aromatic rings. The third-order valence-corrected chi connectivity index (χ3v) is 6.15. The van der Waals surface area contributed by atoms with E-state index >= 15 is 0 Å². The van der Waals surface area contributed by atoms with Crippen LogP contribution in [0.15, 0.2) is 53.7 Å². The van der Waals surface area contributed by atoms with Crippen LogP contribution in [0.1, 0.15) is 29.9 Å². The quantitative estimate of drug-likeness (QED) is 0.178. The Balaban J connectivity index is 1.62. The molecule has 2 heterocycles. The van der Waals surface area contributed by atoms with E-state index in [0.29, 0.717) is 34.2 Å². The fourth-order valence-electron chi connectivity index (χ4n) is 3.62. The Morgan fingerprint density at radius 3 is 2.58 bits per heavy atom. The Morgan fingerprint density at radius 1 is 1.11 bits per heavy atom. The minimum absolute atomic E-state index is 0.00442. The van der Waals surface area contributed by atoms with Crippen LogP contribution < -0.4 is 15.5 Å². The van der Waals surface area contributed by atoms with E-state index in [1.165, 1.54) is 0 Å². The van der Waals surface area contributed by atoms with Gasteiger partial charge >= 0.3 is 5.97 Å². The first kappa shape index (κ1) is 25.0. The van der Waals surface area contributed by atoms with Gasteiger partial charge in [0.2, 0.25) is 5.91 Å². The molecule has 3 N–H and O–H groups in total. The summed E-state index contributed by atoms with van der Waals surface area (Å²) >= 11 is 1.16. The summed E-state index contributed by atoms with van der Waals surface area (Å²) in [7, 11) is 0. The van der Waals surface area contributed by atoms with Gasteiger partial charge in [0.05, 0.1) is 35.6 Å². The molecule has 2 aromatic carbocycles. The molecule has 0 aliphatic heterocycles. The molecule has 186 valence electrons. The average Bonchev–Trinajstić information content (AvgIpc) is 3.25. The molecule has 0 fully saturated rings. The van der Waals surface area contributed by atoms with E-state index in [1.54, 1.807) is 35.8 Å². The number of aryl methyl sites for hydroxylation is 1. The summed E-state index contributed by atoms with van der Waals surface area (Å²) in [4.78, 5) is 29.7. The molecule has 0 spiro atoms. The number of esters is 1. The summed E-state index contributed by atoms with van der Waals surface area (Å²) in [6, 6.07) is 14.0. The van der Waals surface area contributed by atoms with Gasteiger partial charge in [-0.2, -0.15) is 5.10 Å². The lowest BCUT2D eigenvalue weighted by molar-refractivity contribution is -0.113. The number of H-pyrrole nitrogens is 1. The highest BCUT2D eigenvalue weighted by Gasteiger charge is 2.18. The maximum Gasteiger partial charge on any atom is 0.340 e. The SMILES string of the molecule is CCOC(=O)c1ccccc1NC(=O)CSc1nc2n[nH]c(C)c2c(=N)n1-c1ccc(OCC)cc1. The van der Waals surface area contributed by atoms with Crippen molar-refractivity contribution in [2.45, 2.75) is 25.9 Å². The summed E-state index contributed by atoms with van der Waals surface area (Å²) in [6.07, 6.45) is 0. The van der Waals surface area contributed by atoms with Gasteiger partial charge in [-0.3, -0.25) is 19.9 Å². The van der Waals surface area contributed by atoms with Gasteiger partial charge in [-0.25, -0.2) is 9.78 Å². The molecule has 36 heavy (non-hydrogen) atoms. The van der Waals surface area contributed by atoms with Crippen LogP contribution in [-0.4, -0.2) is 50.6 Å². The minimum atomic E-state index is -0.505. The van der Waals surface area contributed by atoms with Gasteiger partial charge in [-0.1, -0.05) is 23.9 Å². The molecule has 11 heteroatoms. The van der Waals surface area contributed by atoms with Crippen molar-refractivity contribution in [3.63, 3.8) is 0 Å². The number of carbonyl (C=O) groups is 2. The zero-order chi connectivity index (χ0) is 25.7. The number of carbonyl (C=O) groups excluding carboxylic acids is 2. The van der Waals surface area contributed by atoms with Crippen molar-refractivity contribution in [2.24, 2.45) is 0 Å². The third-order valence-electron chi connectivity index (χ3n) is 5.22. The van der Waals surface area contributed by atoms with Gasteiger partial charge in [-0.05, 0) is 57.2 Å². The van der Waals surface area contributed by atoms with Crippen LogP contribution in [0.4, 0.5) is 5.69 Å². The van der Waals surface area contributed by atoms with E-state index in [4.69, 9.17) is 14.9 Å². The van der Waals surface area contributed by atoms with Gasteiger partial charge in [0.15, 0.2) is 10.8 Å².